The lowest BCUT2D eigenvalue weighted by molar-refractivity contribution is -0.150. The van der Waals surface area contributed by atoms with Gasteiger partial charge in [-0.15, -0.1) is 11.3 Å². The van der Waals surface area contributed by atoms with E-state index in [0.717, 1.165) is 17.7 Å². The van der Waals surface area contributed by atoms with Gasteiger partial charge < -0.3 is 9.64 Å². The number of likely N-dealkylation sites (tertiary alicyclic amines) is 1. The second-order valence-electron chi connectivity index (χ2n) is 4.85. The van der Waals surface area contributed by atoms with Crippen molar-refractivity contribution in [2.75, 3.05) is 19.7 Å². The number of rotatable bonds is 4. The Kier molecular flexibility index (Phi) is 5.82. The third-order valence-electron chi connectivity index (χ3n) is 3.34. The zero-order chi connectivity index (χ0) is 15.2. The van der Waals surface area contributed by atoms with Gasteiger partial charge in [0.25, 0.3) is 0 Å². The van der Waals surface area contributed by atoms with Gasteiger partial charge in [0.1, 0.15) is 0 Å². The van der Waals surface area contributed by atoms with Crippen LogP contribution in [-0.2, 0) is 14.3 Å². The Morgan fingerprint density at radius 3 is 3.00 bits per heavy atom. The van der Waals surface area contributed by atoms with Crippen molar-refractivity contribution in [1.29, 1.82) is 0 Å². The number of thiophene rings is 1. The summed E-state index contributed by atoms with van der Waals surface area (Å²) in [7, 11) is 0. The molecule has 0 saturated carbocycles. The van der Waals surface area contributed by atoms with Crippen LogP contribution in [0.2, 0.25) is 4.34 Å². The maximum absolute atomic E-state index is 12.2. The average Bonchev–Trinajstić information content (AvgIpc) is 2.91. The highest BCUT2D eigenvalue weighted by Crippen LogP contribution is 2.23. The first-order valence-electron chi connectivity index (χ1n) is 6.99. The molecule has 0 unspecified atom stereocenters. The van der Waals surface area contributed by atoms with Gasteiger partial charge >= 0.3 is 5.97 Å². The number of hydrogen-bond acceptors (Lipinski definition) is 4. The van der Waals surface area contributed by atoms with Gasteiger partial charge in [0.15, 0.2) is 0 Å². The molecule has 1 aliphatic heterocycles. The summed E-state index contributed by atoms with van der Waals surface area (Å²) in [6.07, 6.45) is 4.91. The molecule has 1 amide bonds. The van der Waals surface area contributed by atoms with Crippen LogP contribution in [0.3, 0.4) is 0 Å². The fourth-order valence-electron chi connectivity index (χ4n) is 2.31. The summed E-state index contributed by atoms with van der Waals surface area (Å²) < 4.78 is 5.73. The Morgan fingerprint density at radius 1 is 1.52 bits per heavy atom. The Hall–Kier alpha value is -1.33. The molecular weight excluding hydrogens is 310 g/mol. The quantitative estimate of drug-likeness (QED) is 0.630. The van der Waals surface area contributed by atoms with Gasteiger partial charge in [-0.3, -0.25) is 9.59 Å². The van der Waals surface area contributed by atoms with Crippen molar-refractivity contribution in [2.45, 2.75) is 19.8 Å². The predicted molar refractivity (Wildman–Crippen MR) is 84.3 cm³/mol. The lowest BCUT2D eigenvalue weighted by Gasteiger charge is -2.30. The number of carbonyl (C=O) groups is 2. The average molecular weight is 328 g/mol. The van der Waals surface area contributed by atoms with Crippen LogP contribution in [0.1, 0.15) is 24.6 Å². The van der Waals surface area contributed by atoms with Crippen LogP contribution in [0.5, 0.6) is 0 Å². The number of esters is 1. The Labute approximate surface area is 133 Å². The van der Waals surface area contributed by atoms with E-state index >= 15 is 0 Å². The second kappa shape index (κ2) is 7.61. The number of halogens is 1. The standard InChI is InChI=1S/C15H18ClNO3S/c1-2-20-15(19)11-4-3-9-17(10-11)14(18)8-6-12-5-7-13(16)21-12/h5-8,11H,2-4,9-10H2,1H3/b8-6-/t11-/m0/s1. The maximum atomic E-state index is 12.2. The first-order valence-corrected chi connectivity index (χ1v) is 8.18. The highest BCUT2D eigenvalue weighted by molar-refractivity contribution is 7.17. The smallest absolute Gasteiger partial charge is 0.310 e. The number of piperidine rings is 1. The van der Waals surface area contributed by atoms with Crippen LogP contribution >= 0.6 is 22.9 Å². The molecule has 0 bridgehead atoms. The molecule has 1 aliphatic rings. The maximum Gasteiger partial charge on any atom is 0.310 e. The molecule has 4 nitrogen and oxygen atoms in total. The van der Waals surface area contributed by atoms with Gasteiger partial charge in [0.05, 0.1) is 16.9 Å². The van der Waals surface area contributed by atoms with E-state index in [1.807, 2.05) is 6.07 Å². The SMILES string of the molecule is CCOC(=O)[C@H]1CCCN(C(=O)/C=C\c2ccc(Cl)s2)C1. The van der Waals surface area contributed by atoms with E-state index < -0.39 is 0 Å². The molecule has 2 rings (SSSR count). The summed E-state index contributed by atoms with van der Waals surface area (Å²) >= 11 is 7.27. The van der Waals surface area contributed by atoms with Crippen molar-refractivity contribution in [2.24, 2.45) is 5.92 Å². The zero-order valence-electron chi connectivity index (χ0n) is 11.9. The lowest BCUT2D eigenvalue weighted by atomic mass is 9.98. The molecule has 0 aliphatic carbocycles. The third kappa shape index (κ3) is 4.58. The molecule has 1 aromatic rings. The van der Waals surface area contributed by atoms with E-state index in [0.29, 0.717) is 24.0 Å². The molecule has 0 spiro atoms. The van der Waals surface area contributed by atoms with E-state index in [2.05, 4.69) is 0 Å². The highest BCUT2D eigenvalue weighted by Gasteiger charge is 2.28. The number of hydrogen-bond donors (Lipinski definition) is 0. The van der Waals surface area contributed by atoms with Crippen LogP contribution in [0, 0.1) is 5.92 Å². The van der Waals surface area contributed by atoms with Gasteiger partial charge in [-0.25, -0.2) is 0 Å². The van der Waals surface area contributed by atoms with Gasteiger partial charge in [0.2, 0.25) is 5.91 Å². The highest BCUT2D eigenvalue weighted by atomic mass is 35.5. The lowest BCUT2D eigenvalue weighted by Crippen LogP contribution is -2.42. The van der Waals surface area contributed by atoms with Crippen LogP contribution in [0.4, 0.5) is 0 Å². The monoisotopic (exact) mass is 327 g/mol. The number of nitrogens with zero attached hydrogens (tertiary/aromatic N) is 1. The number of ether oxygens (including phenoxy) is 1. The number of carbonyl (C=O) groups excluding carboxylic acids is 2. The van der Waals surface area contributed by atoms with Crippen LogP contribution < -0.4 is 0 Å². The Bertz CT molecular complexity index is 541. The van der Waals surface area contributed by atoms with Gasteiger partial charge in [-0.2, -0.15) is 0 Å². The molecule has 21 heavy (non-hydrogen) atoms. The molecular formula is C15H18ClNO3S. The molecule has 0 N–H and O–H groups in total. The van der Waals surface area contributed by atoms with E-state index in [9.17, 15) is 9.59 Å². The molecule has 1 saturated heterocycles. The summed E-state index contributed by atoms with van der Waals surface area (Å²) in [5.41, 5.74) is 0. The summed E-state index contributed by atoms with van der Waals surface area (Å²) in [5, 5.41) is 0. The van der Waals surface area contributed by atoms with Crippen LogP contribution in [-0.4, -0.2) is 36.5 Å². The van der Waals surface area contributed by atoms with E-state index in [1.165, 1.54) is 17.4 Å². The van der Waals surface area contributed by atoms with Crippen molar-refractivity contribution in [1.82, 2.24) is 4.90 Å². The minimum Gasteiger partial charge on any atom is -0.466 e. The molecule has 114 valence electrons. The topological polar surface area (TPSA) is 46.6 Å². The first-order chi connectivity index (χ1) is 10.1. The van der Waals surface area contributed by atoms with Crippen LogP contribution in [0.25, 0.3) is 6.08 Å². The molecule has 1 aromatic heterocycles. The first kappa shape index (κ1) is 16.0. The summed E-state index contributed by atoms with van der Waals surface area (Å²) in [6, 6.07) is 3.67. The van der Waals surface area contributed by atoms with Crippen molar-refractivity contribution in [3.8, 4) is 0 Å². The Balaban J connectivity index is 1.92. The van der Waals surface area contributed by atoms with Crippen molar-refractivity contribution >= 4 is 40.9 Å². The molecule has 0 aromatic carbocycles. The summed E-state index contributed by atoms with van der Waals surface area (Å²) in [6.45, 7) is 3.29. The predicted octanol–water partition coefficient (Wildman–Crippen LogP) is 3.22. The number of amides is 1. The fraction of sp³-hybridized carbons (Fsp3) is 0.467. The normalized spacial score (nSPS) is 19.0. The zero-order valence-corrected chi connectivity index (χ0v) is 13.5. The summed E-state index contributed by atoms with van der Waals surface area (Å²) in [4.78, 5) is 26.6. The van der Waals surface area contributed by atoms with Crippen molar-refractivity contribution in [3.05, 3.63) is 27.4 Å². The molecule has 2 heterocycles. The van der Waals surface area contributed by atoms with Gasteiger partial charge in [-0.1, -0.05) is 11.6 Å². The van der Waals surface area contributed by atoms with Crippen LogP contribution in [0.15, 0.2) is 18.2 Å². The fourth-order valence-corrected chi connectivity index (χ4v) is 3.27. The minimum atomic E-state index is -0.205. The Morgan fingerprint density at radius 2 is 2.33 bits per heavy atom. The molecule has 1 atom stereocenters. The molecule has 6 heteroatoms. The van der Waals surface area contributed by atoms with E-state index in [1.54, 1.807) is 24.0 Å². The van der Waals surface area contributed by atoms with Gasteiger partial charge in [0, 0.05) is 24.0 Å². The van der Waals surface area contributed by atoms with E-state index in [4.69, 9.17) is 16.3 Å². The molecule has 0 radical (unpaired) electrons. The van der Waals surface area contributed by atoms with Crippen molar-refractivity contribution < 1.29 is 14.3 Å². The van der Waals surface area contributed by atoms with Crippen molar-refractivity contribution in [3.63, 3.8) is 0 Å². The summed E-state index contributed by atoms with van der Waals surface area (Å²) in [5.74, 6) is -0.482. The second-order valence-corrected chi connectivity index (χ2v) is 6.60. The largest absolute Gasteiger partial charge is 0.466 e. The minimum absolute atomic E-state index is 0.0754. The van der Waals surface area contributed by atoms with E-state index in [-0.39, 0.29) is 17.8 Å². The molecule has 1 fully saturated rings. The third-order valence-corrected chi connectivity index (χ3v) is 4.53. The van der Waals surface area contributed by atoms with Gasteiger partial charge in [-0.05, 0) is 38.0 Å².